The van der Waals surface area contributed by atoms with Gasteiger partial charge in [-0.3, -0.25) is 0 Å². The molecule has 0 radical (unpaired) electrons. The summed E-state index contributed by atoms with van der Waals surface area (Å²) in [5, 5.41) is 26.8. The van der Waals surface area contributed by atoms with Crippen LogP contribution in [0, 0.1) is 13.8 Å². The Morgan fingerprint density at radius 2 is 1.30 bits per heavy atom. The Labute approximate surface area is 117 Å². The highest BCUT2D eigenvalue weighted by atomic mass is 16.3. The first-order valence-electron chi connectivity index (χ1n) is 6.22. The van der Waals surface area contributed by atoms with Crippen LogP contribution in [0.15, 0.2) is 46.6 Å². The van der Waals surface area contributed by atoms with E-state index in [1.807, 2.05) is 26.0 Å². The molecule has 102 valence electrons. The number of aryl methyl sites for hydroxylation is 2. The van der Waals surface area contributed by atoms with Crippen molar-refractivity contribution in [3.05, 3.63) is 58.7 Å². The van der Waals surface area contributed by atoms with Gasteiger partial charge in [0.25, 0.3) is 0 Å². The zero-order chi connectivity index (χ0) is 14.5. The fraction of sp³-hybridized carbons (Fsp3) is 0.125. The summed E-state index contributed by atoms with van der Waals surface area (Å²) in [7, 11) is 0. The molecule has 0 atom stereocenters. The van der Waals surface area contributed by atoms with Crippen molar-refractivity contribution in [1.29, 1.82) is 0 Å². The lowest BCUT2D eigenvalue weighted by molar-refractivity contribution is 0.467. The highest BCUT2D eigenvalue weighted by Gasteiger charge is 2.01. The lowest BCUT2D eigenvalue weighted by Crippen LogP contribution is -1.87. The second-order valence-electron chi connectivity index (χ2n) is 4.58. The minimum atomic E-state index is 0.223. The summed E-state index contributed by atoms with van der Waals surface area (Å²) in [5.41, 5.74) is 3.38. The molecule has 0 aliphatic heterocycles. The molecule has 0 bridgehead atoms. The van der Waals surface area contributed by atoms with Gasteiger partial charge in [0, 0.05) is 0 Å². The number of rotatable bonds is 3. The Morgan fingerprint density at radius 3 is 1.85 bits per heavy atom. The molecule has 0 heterocycles. The van der Waals surface area contributed by atoms with E-state index in [2.05, 4.69) is 10.2 Å². The molecule has 0 aromatic heterocycles. The van der Waals surface area contributed by atoms with Gasteiger partial charge in [0.1, 0.15) is 11.5 Å². The molecule has 0 unspecified atom stereocenters. The van der Waals surface area contributed by atoms with Crippen molar-refractivity contribution in [2.75, 3.05) is 0 Å². The first-order valence-corrected chi connectivity index (χ1v) is 6.22. The number of nitrogens with zero attached hydrogens (tertiary/aromatic N) is 2. The summed E-state index contributed by atoms with van der Waals surface area (Å²) in [6, 6.07) is 10.4. The van der Waals surface area contributed by atoms with E-state index in [0.29, 0.717) is 5.75 Å². The zero-order valence-corrected chi connectivity index (χ0v) is 11.4. The minimum absolute atomic E-state index is 0.223. The van der Waals surface area contributed by atoms with Crippen LogP contribution in [-0.2, 0) is 0 Å². The minimum Gasteiger partial charge on any atom is -0.508 e. The van der Waals surface area contributed by atoms with Crippen LogP contribution in [0.25, 0.3) is 0 Å². The summed E-state index contributed by atoms with van der Waals surface area (Å²) in [4.78, 5) is 0. The molecule has 0 aliphatic rings. The van der Waals surface area contributed by atoms with E-state index < -0.39 is 0 Å². The molecule has 0 saturated carbocycles. The van der Waals surface area contributed by atoms with Crippen molar-refractivity contribution in [2.45, 2.75) is 13.8 Å². The monoisotopic (exact) mass is 268 g/mol. The highest BCUT2D eigenvalue weighted by molar-refractivity contribution is 5.83. The largest absolute Gasteiger partial charge is 0.508 e. The van der Waals surface area contributed by atoms with E-state index in [-0.39, 0.29) is 5.75 Å². The lowest BCUT2D eigenvalue weighted by Gasteiger charge is -2.03. The van der Waals surface area contributed by atoms with Gasteiger partial charge in [0.15, 0.2) is 0 Å². The van der Waals surface area contributed by atoms with Gasteiger partial charge in [-0.2, -0.15) is 10.2 Å². The third kappa shape index (κ3) is 3.45. The van der Waals surface area contributed by atoms with E-state index in [9.17, 15) is 5.11 Å². The summed E-state index contributed by atoms with van der Waals surface area (Å²) in [5.74, 6) is 0.537. The van der Waals surface area contributed by atoms with Crippen molar-refractivity contribution in [2.24, 2.45) is 10.2 Å². The Morgan fingerprint density at radius 1 is 0.800 bits per heavy atom. The van der Waals surface area contributed by atoms with Crippen LogP contribution >= 0.6 is 0 Å². The number of benzene rings is 2. The predicted octanol–water partition coefficient (Wildman–Crippen LogP) is 3.17. The van der Waals surface area contributed by atoms with Crippen LogP contribution in [0.4, 0.5) is 0 Å². The predicted molar refractivity (Wildman–Crippen MR) is 80.9 cm³/mol. The van der Waals surface area contributed by atoms with Gasteiger partial charge < -0.3 is 10.2 Å². The molecule has 2 N–H and O–H groups in total. The Hall–Kier alpha value is -2.62. The number of aromatic hydroxyl groups is 2. The Kier molecular flexibility index (Phi) is 4.15. The molecule has 0 aliphatic carbocycles. The number of phenolic OH excluding ortho intramolecular Hbond substituents is 2. The van der Waals surface area contributed by atoms with E-state index >= 15 is 0 Å². The molecule has 2 aromatic carbocycles. The third-order valence-corrected chi connectivity index (χ3v) is 2.89. The van der Waals surface area contributed by atoms with Gasteiger partial charge in [0.2, 0.25) is 0 Å². The number of hydrogen-bond acceptors (Lipinski definition) is 4. The first kappa shape index (κ1) is 13.8. The SMILES string of the molecule is Cc1cc(/C=N/N=C/c2ccc(O)cc2)cc(C)c1O. The average molecular weight is 268 g/mol. The molecule has 4 nitrogen and oxygen atoms in total. The van der Waals surface area contributed by atoms with Crippen LogP contribution < -0.4 is 0 Å². The van der Waals surface area contributed by atoms with Crippen LogP contribution in [0.5, 0.6) is 11.5 Å². The molecule has 0 spiro atoms. The highest BCUT2D eigenvalue weighted by Crippen LogP contribution is 2.22. The normalized spacial score (nSPS) is 11.5. The Bertz CT molecular complexity index is 636. The van der Waals surface area contributed by atoms with Crippen LogP contribution in [0.3, 0.4) is 0 Å². The van der Waals surface area contributed by atoms with Gasteiger partial charge in [0.05, 0.1) is 12.4 Å². The fourth-order valence-corrected chi connectivity index (χ4v) is 1.82. The maximum absolute atomic E-state index is 9.68. The van der Waals surface area contributed by atoms with Gasteiger partial charge in [-0.15, -0.1) is 0 Å². The molecule has 20 heavy (non-hydrogen) atoms. The zero-order valence-electron chi connectivity index (χ0n) is 11.4. The van der Waals surface area contributed by atoms with Gasteiger partial charge in [-0.05, 0) is 72.5 Å². The van der Waals surface area contributed by atoms with Crippen LogP contribution in [-0.4, -0.2) is 22.6 Å². The van der Waals surface area contributed by atoms with Gasteiger partial charge in [-0.25, -0.2) is 0 Å². The molecule has 0 saturated heterocycles. The smallest absolute Gasteiger partial charge is 0.121 e. The van der Waals surface area contributed by atoms with E-state index in [4.69, 9.17) is 5.11 Å². The molecule has 0 fully saturated rings. The summed E-state index contributed by atoms with van der Waals surface area (Å²) >= 11 is 0. The fourth-order valence-electron chi connectivity index (χ4n) is 1.82. The summed E-state index contributed by atoms with van der Waals surface area (Å²) in [6.07, 6.45) is 3.24. The van der Waals surface area contributed by atoms with Crippen molar-refractivity contribution in [1.82, 2.24) is 0 Å². The van der Waals surface area contributed by atoms with E-state index in [1.165, 1.54) is 0 Å². The number of phenols is 2. The number of hydrogen-bond donors (Lipinski definition) is 2. The van der Waals surface area contributed by atoms with Crippen molar-refractivity contribution < 1.29 is 10.2 Å². The molecule has 4 heteroatoms. The van der Waals surface area contributed by atoms with Crippen LogP contribution in [0.2, 0.25) is 0 Å². The van der Waals surface area contributed by atoms with E-state index in [0.717, 1.165) is 22.3 Å². The lowest BCUT2D eigenvalue weighted by atomic mass is 10.1. The second-order valence-corrected chi connectivity index (χ2v) is 4.58. The van der Waals surface area contributed by atoms with E-state index in [1.54, 1.807) is 36.7 Å². The van der Waals surface area contributed by atoms with Crippen molar-refractivity contribution in [3.8, 4) is 11.5 Å². The topological polar surface area (TPSA) is 65.2 Å². The van der Waals surface area contributed by atoms with Crippen LogP contribution in [0.1, 0.15) is 22.3 Å². The molecular weight excluding hydrogens is 252 g/mol. The molecule has 0 amide bonds. The van der Waals surface area contributed by atoms with Crippen molar-refractivity contribution in [3.63, 3.8) is 0 Å². The second kappa shape index (κ2) is 6.02. The average Bonchev–Trinajstić information content (AvgIpc) is 2.43. The first-order chi connectivity index (χ1) is 9.56. The van der Waals surface area contributed by atoms with Crippen molar-refractivity contribution >= 4 is 12.4 Å². The molecule has 2 rings (SSSR count). The standard InChI is InChI=1S/C16H16N2O2/c1-11-7-14(8-12(2)16(11)20)10-18-17-9-13-3-5-15(19)6-4-13/h3-10,19-20H,1-2H3/b17-9+,18-10+. The maximum atomic E-state index is 9.68. The quantitative estimate of drug-likeness (QED) is 0.663. The van der Waals surface area contributed by atoms with Gasteiger partial charge in [-0.1, -0.05) is 0 Å². The third-order valence-electron chi connectivity index (χ3n) is 2.89. The molecule has 2 aromatic rings. The summed E-state index contributed by atoms with van der Waals surface area (Å²) in [6.45, 7) is 3.69. The van der Waals surface area contributed by atoms with Gasteiger partial charge >= 0.3 is 0 Å². The maximum Gasteiger partial charge on any atom is 0.121 e. The Balaban J connectivity index is 2.08. The summed E-state index contributed by atoms with van der Waals surface area (Å²) < 4.78 is 0. The molecular formula is C16H16N2O2.